The number of hydrogen-bond donors (Lipinski definition) is 1. The van der Waals surface area contributed by atoms with E-state index >= 15 is 0 Å². The maximum Gasteiger partial charge on any atom is 0.213 e. The van der Waals surface area contributed by atoms with Crippen molar-refractivity contribution < 1.29 is 17.5 Å². The van der Waals surface area contributed by atoms with Gasteiger partial charge in [-0.15, -0.1) is 3.89 Å². The zero-order chi connectivity index (χ0) is 11.9. The molecule has 16 heavy (non-hydrogen) atoms. The van der Waals surface area contributed by atoms with Crippen LogP contribution in [0.5, 0.6) is 0 Å². The Morgan fingerprint density at radius 3 is 2.75 bits per heavy atom. The number of halogens is 3. The summed E-state index contributed by atoms with van der Waals surface area (Å²) in [5, 5.41) is 0. The minimum atomic E-state index is -1.26. The van der Waals surface area contributed by atoms with Gasteiger partial charge in [-0.25, -0.2) is 17.7 Å². The Bertz CT molecular complexity index is 584. The molecule has 8 heteroatoms. The molecule has 0 spiro atoms. The highest BCUT2D eigenvalue weighted by Crippen LogP contribution is 2.29. The third-order valence-electron chi connectivity index (χ3n) is 2.03. The molecule has 0 atom stereocenters. The molecule has 0 aliphatic heterocycles. The number of nitrogen functional groups attached to an aromatic ring is 1. The molecule has 2 N–H and O–H groups in total. The van der Waals surface area contributed by atoms with Gasteiger partial charge in [-0.3, -0.25) is 4.79 Å². The lowest BCUT2D eigenvalue weighted by molar-refractivity contribution is 0.112. The highest BCUT2D eigenvalue weighted by Gasteiger charge is 2.20. The number of imidazole rings is 1. The Morgan fingerprint density at radius 1 is 1.50 bits per heavy atom. The average Bonchev–Trinajstić information content (AvgIpc) is 2.60. The van der Waals surface area contributed by atoms with E-state index < -0.39 is 17.2 Å². The summed E-state index contributed by atoms with van der Waals surface area (Å²) in [6, 6.07) is 0.665. The first-order chi connectivity index (χ1) is 7.60. The van der Waals surface area contributed by atoms with E-state index in [2.05, 4.69) is 4.98 Å². The molecular weight excluding hydrogens is 243 g/mol. The monoisotopic (exact) mass is 247 g/mol. The zero-order valence-corrected chi connectivity index (χ0v) is 8.39. The van der Waals surface area contributed by atoms with Gasteiger partial charge in [-0.1, -0.05) is 0 Å². The van der Waals surface area contributed by atoms with E-state index in [4.69, 9.17) is 5.73 Å². The number of anilines is 1. The molecule has 0 bridgehead atoms. The number of rotatable bonds is 2. The maximum absolute atomic E-state index is 13.3. The van der Waals surface area contributed by atoms with Gasteiger partial charge in [0.15, 0.2) is 30.3 Å². The number of aromatic nitrogens is 2. The highest BCUT2D eigenvalue weighted by atomic mass is 32.2. The Morgan fingerprint density at radius 2 is 2.19 bits per heavy atom. The van der Waals surface area contributed by atoms with Crippen LogP contribution < -0.4 is 5.73 Å². The molecule has 0 aliphatic rings. The lowest BCUT2D eigenvalue weighted by atomic mass is 10.2. The Balaban J connectivity index is 2.99. The summed E-state index contributed by atoms with van der Waals surface area (Å²) in [6.07, 6.45) is 0.276. The SMILES string of the molecule is Nc1nc2c(F)c(F)cc(C=O)c2n1SF. The number of fused-ring (bicyclic) bond motifs is 1. The van der Waals surface area contributed by atoms with Gasteiger partial charge in [-0.05, 0) is 6.07 Å². The highest BCUT2D eigenvalue weighted by molar-refractivity contribution is 7.93. The Kier molecular flexibility index (Phi) is 2.50. The van der Waals surface area contributed by atoms with Crippen molar-refractivity contribution in [3.8, 4) is 0 Å². The zero-order valence-electron chi connectivity index (χ0n) is 7.58. The van der Waals surface area contributed by atoms with Crippen LogP contribution in [-0.4, -0.2) is 15.2 Å². The Labute approximate surface area is 91.7 Å². The van der Waals surface area contributed by atoms with Crippen molar-refractivity contribution in [2.75, 3.05) is 5.73 Å². The first-order valence-electron chi connectivity index (χ1n) is 4.00. The number of carbonyl (C=O) groups excluding carboxylic acids is 1. The van der Waals surface area contributed by atoms with Crippen molar-refractivity contribution in [3.63, 3.8) is 0 Å². The van der Waals surface area contributed by atoms with Gasteiger partial charge in [0.25, 0.3) is 0 Å². The number of nitrogens with two attached hydrogens (primary N) is 1. The maximum atomic E-state index is 13.3. The third-order valence-corrected chi connectivity index (χ3v) is 2.54. The topological polar surface area (TPSA) is 60.9 Å². The molecule has 0 saturated carbocycles. The molecule has 0 radical (unpaired) electrons. The predicted molar refractivity (Wildman–Crippen MR) is 53.5 cm³/mol. The fourth-order valence-corrected chi connectivity index (χ4v) is 1.74. The summed E-state index contributed by atoms with van der Waals surface area (Å²) in [6.45, 7) is 0. The number of aldehydes is 1. The van der Waals surface area contributed by atoms with Gasteiger partial charge in [0.05, 0.1) is 5.52 Å². The van der Waals surface area contributed by atoms with Crippen LogP contribution in [0.3, 0.4) is 0 Å². The molecule has 0 amide bonds. The fourth-order valence-electron chi connectivity index (χ4n) is 1.37. The molecule has 2 aromatic rings. The second-order valence-electron chi connectivity index (χ2n) is 2.91. The van der Waals surface area contributed by atoms with Gasteiger partial charge in [0.2, 0.25) is 5.95 Å². The summed E-state index contributed by atoms with van der Waals surface area (Å²) in [4.78, 5) is 14.1. The van der Waals surface area contributed by atoms with E-state index in [1.54, 1.807) is 0 Å². The van der Waals surface area contributed by atoms with Crippen LogP contribution in [0.4, 0.5) is 18.6 Å². The number of nitrogens with zero attached hydrogens (tertiary/aromatic N) is 2. The van der Waals surface area contributed by atoms with Crippen LogP contribution in [0.1, 0.15) is 10.4 Å². The van der Waals surface area contributed by atoms with Crippen LogP contribution in [-0.2, 0) is 0 Å². The molecule has 0 aliphatic carbocycles. The van der Waals surface area contributed by atoms with Crippen LogP contribution in [0.25, 0.3) is 11.0 Å². The fraction of sp³-hybridized carbons (Fsp3) is 0. The molecule has 0 unspecified atom stereocenters. The second-order valence-corrected chi connectivity index (χ2v) is 3.41. The quantitative estimate of drug-likeness (QED) is 0.825. The third kappa shape index (κ3) is 1.33. The van der Waals surface area contributed by atoms with Crippen LogP contribution in [0, 0.1) is 11.6 Å². The van der Waals surface area contributed by atoms with Crippen molar-refractivity contribution >= 4 is 35.6 Å². The van der Waals surface area contributed by atoms with Gasteiger partial charge in [-0.2, -0.15) is 0 Å². The average molecular weight is 247 g/mol. The number of hydrogen-bond acceptors (Lipinski definition) is 4. The molecule has 4 nitrogen and oxygen atoms in total. The van der Waals surface area contributed by atoms with Crippen molar-refractivity contribution in [2.24, 2.45) is 0 Å². The molecule has 1 aromatic heterocycles. The lowest BCUT2D eigenvalue weighted by Crippen LogP contribution is -1.96. The van der Waals surface area contributed by atoms with E-state index in [-0.39, 0.29) is 35.6 Å². The largest absolute Gasteiger partial charge is 0.368 e. The smallest absolute Gasteiger partial charge is 0.213 e. The van der Waals surface area contributed by atoms with E-state index in [0.717, 1.165) is 0 Å². The summed E-state index contributed by atoms with van der Waals surface area (Å²) in [7, 11) is 0. The van der Waals surface area contributed by atoms with E-state index in [0.29, 0.717) is 10.0 Å². The normalized spacial score (nSPS) is 10.9. The number of benzene rings is 1. The standard InChI is InChI=1S/C8H4F3N3OS/c9-4-1-3(2-15)7-6(5(4)10)13-8(12)14(7)16-11/h1-2H,(H2,12,13). The summed E-state index contributed by atoms with van der Waals surface area (Å²) in [5.74, 6) is -2.85. The first-order valence-corrected chi connectivity index (χ1v) is 4.67. The summed E-state index contributed by atoms with van der Waals surface area (Å²) >= 11 is -0.343. The molecule has 84 valence electrons. The predicted octanol–water partition coefficient (Wildman–Crippen LogP) is 2.09. The van der Waals surface area contributed by atoms with Crippen molar-refractivity contribution in [3.05, 3.63) is 23.3 Å². The summed E-state index contributed by atoms with van der Waals surface area (Å²) < 4.78 is 39.5. The molecular formula is C8H4F3N3OS. The van der Waals surface area contributed by atoms with Crippen LogP contribution in [0.15, 0.2) is 6.07 Å². The van der Waals surface area contributed by atoms with E-state index in [1.807, 2.05) is 0 Å². The second kappa shape index (κ2) is 3.71. The van der Waals surface area contributed by atoms with Gasteiger partial charge >= 0.3 is 0 Å². The summed E-state index contributed by atoms with van der Waals surface area (Å²) in [5.41, 5.74) is 4.42. The van der Waals surface area contributed by atoms with Gasteiger partial charge < -0.3 is 5.73 Å². The lowest BCUT2D eigenvalue weighted by Gasteiger charge is -2.00. The van der Waals surface area contributed by atoms with Gasteiger partial charge in [0, 0.05) is 5.56 Å². The first kappa shape index (κ1) is 10.8. The van der Waals surface area contributed by atoms with Crippen molar-refractivity contribution in [2.45, 2.75) is 0 Å². The minimum Gasteiger partial charge on any atom is -0.368 e. The number of carbonyl (C=O) groups is 1. The van der Waals surface area contributed by atoms with Crippen LogP contribution in [0.2, 0.25) is 0 Å². The van der Waals surface area contributed by atoms with Crippen molar-refractivity contribution in [1.29, 1.82) is 0 Å². The van der Waals surface area contributed by atoms with Gasteiger partial charge in [0.1, 0.15) is 5.52 Å². The Hall–Kier alpha value is -1.70. The molecule has 0 saturated heterocycles. The minimum absolute atomic E-state index is 0.182. The molecule has 1 heterocycles. The van der Waals surface area contributed by atoms with E-state index in [1.165, 1.54) is 0 Å². The molecule has 2 rings (SSSR count). The van der Waals surface area contributed by atoms with Crippen LogP contribution >= 0.6 is 12.3 Å². The molecule has 0 fully saturated rings. The van der Waals surface area contributed by atoms with E-state index in [9.17, 15) is 17.5 Å². The van der Waals surface area contributed by atoms with Crippen molar-refractivity contribution in [1.82, 2.24) is 8.96 Å². The molecule has 1 aromatic carbocycles.